The zero-order valence-corrected chi connectivity index (χ0v) is 40.8. The number of ether oxygens (including phenoxy) is 2. The van der Waals surface area contributed by atoms with Crippen LogP contribution in [-0.4, -0.2) is 98.6 Å². The Kier molecular flexibility index (Phi) is 34.9. The van der Waals surface area contributed by atoms with Crippen molar-refractivity contribution >= 4 is 33.4 Å². The van der Waals surface area contributed by atoms with Crippen molar-refractivity contribution in [3.05, 3.63) is 85.1 Å². The van der Waals surface area contributed by atoms with E-state index in [9.17, 15) is 43.7 Å². The number of carbonyl (C=O) groups excluding carboxylic acids is 3. The molecule has 1 rings (SSSR count). The maximum absolute atomic E-state index is 12.7. The van der Waals surface area contributed by atoms with Gasteiger partial charge in [0.15, 0.2) is 6.10 Å². The lowest BCUT2D eigenvalue weighted by atomic mass is 9.90. The highest BCUT2D eigenvalue weighted by Gasteiger charge is 2.39. The second kappa shape index (κ2) is 37.8. The maximum Gasteiger partial charge on any atom is 0.472 e. The zero-order valence-electron chi connectivity index (χ0n) is 39.0. The first-order valence-corrected chi connectivity index (χ1v) is 26.4. The first-order chi connectivity index (χ1) is 31.6. The molecular formula is C48H78O16P2. The predicted molar refractivity (Wildman–Crippen MR) is 254 cm³/mol. The molecule has 0 spiro atoms. The molecule has 16 nitrogen and oxygen atoms in total. The standard InChI is InChI=1S/C48H78O16P2/c1-3-5-7-8-9-10-11-12-13-14-15-16-17-18-19-20-21-22-28-32-48(54)64-42(39-63-66(58,59)62-37-41(50)36-61-65(55,56)57)38-60-47(53)31-27-24-23-26-30-43-44(46(52)35-45(43)51)34-33-40(49)29-25-6-4-2/h5,7,9-10,12-13,15-16,18-19,23,26,33-34,40-45,49-51H,3-4,6,8,11,14,17,20-22,24-25,27-32,35-39H2,1-2H3,(H,58,59)(H2,55,56,57)/b7-5-,10-9-,13-12-,16-15-,19-18-,26-23-,34-33+/t40-,41-,42+,43+,44+,45-/m0/s1. The third-order valence-electron chi connectivity index (χ3n) is 10.1. The van der Waals surface area contributed by atoms with Crippen molar-refractivity contribution in [2.45, 2.75) is 160 Å². The van der Waals surface area contributed by atoms with E-state index < -0.39 is 84.3 Å². The molecule has 0 amide bonds. The number of phosphoric ester groups is 2. The maximum atomic E-state index is 12.7. The van der Waals surface area contributed by atoms with Crippen LogP contribution in [0.2, 0.25) is 0 Å². The molecular weight excluding hydrogens is 894 g/mol. The molecule has 0 heterocycles. The van der Waals surface area contributed by atoms with Gasteiger partial charge in [-0.1, -0.05) is 125 Å². The third kappa shape index (κ3) is 34.2. The number of carbonyl (C=O) groups is 3. The average molecular weight is 973 g/mol. The summed E-state index contributed by atoms with van der Waals surface area (Å²) in [5, 5.41) is 30.5. The number of phosphoric acid groups is 2. The summed E-state index contributed by atoms with van der Waals surface area (Å²) in [7, 11) is -9.80. The average Bonchev–Trinajstić information content (AvgIpc) is 3.54. The highest BCUT2D eigenvalue weighted by molar-refractivity contribution is 7.47. The van der Waals surface area contributed by atoms with Gasteiger partial charge in [0, 0.05) is 31.1 Å². The minimum absolute atomic E-state index is 0.00819. The Bertz CT molecular complexity index is 1650. The lowest BCUT2D eigenvalue weighted by Gasteiger charge is -2.20. The summed E-state index contributed by atoms with van der Waals surface area (Å²) in [6.45, 7) is 1.19. The number of hydrogen-bond acceptors (Lipinski definition) is 13. The first kappa shape index (κ1) is 60.9. The molecule has 376 valence electrons. The molecule has 1 unspecified atom stereocenters. The van der Waals surface area contributed by atoms with E-state index in [1.165, 1.54) is 0 Å². The summed E-state index contributed by atoms with van der Waals surface area (Å²) in [5.74, 6) is -2.15. The number of esters is 2. The van der Waals surface area contributed by atoms with Gasteiger partial charge in [0.05, 0.1) is 32.0 Å². The number of aliphatic hydroxyl groups excluding tert-OH is 3. The van der Waals surface area contributed by atoms with Gasteiger partial charge in [-0.15, -0.1) is 0 Å². The zero-order chi connectivity index (χ0) is 48.9. The summed E-state index contributed by atoms with van der Waals surface area (Å²) in [6.07, 6.45) is 36.5. The largest absolute Gasteiger partial charge is 0.472 e. The molecule has 0 aromatic heterocycles. The highest BCUT2D eigenvalue weighted by atomic mass is 31.2. The van der Waals surface area contributed by atoms with Crippen molar-refractivity contribution in [3.8, 4) is 0 Å². The third-order valence-corrected chi connectivity index (χ3v) is 11.6. The van der Waals surface area contributed by atoms with Gasteiger partial charge in [-0.3, -0.25) is 28.0 Å². The fourth-order valence-electron chi connectivity index (χ4n) is 6.53. The van der Waals surface area contributed by atoms with Crippen molar-refractivity contribution in [1.82, 2.24) is 0 Å². The summed E-state index contributed by atoms with van der Waals surface area (Å²) in [6, 6.07) is 0. The predicted octanol–water partition coefficient (Wildman–Crippen LogP) is 8.93. The summed E-state index contributed by atoms with van der Waals surface area (Å²) < 4.78 is 47.8. The van der Waals surface area contributed by atoms with Gasteiger partial charge >= 0.3 is 27.6 Å². The van der Waals surface area contributed by atoms with Gasteiger partial charge in [0.1, 0.15) is 18.5 Å². The Hall–Kier alpha value is -3.11. The van der Waals surface area contributed by atoms with E-state index in [-0.39, 0.29) is 31.0 Å². The molecule has 0 aromatic carbocycles. The molecule has 1 fully saturated rings. The Labute approximate surface area is 392 Å². The Morgan fingerprint density at radius 3 is 1.89 bits per heavy atom. The van der Waals surface area contributed by atoms with Crippen molar-refractivity contribution < 1.29 is 76.6 Å². The quantitative estimate of drug-likeness (QED) is 0.0145. The molecule has 0 aliphatic heterocycles. The number of unbranched alkanes of at least 4 members (excludes halogenated alkanes) is 6. The van der Waals surface area contributed by atoms with Crippen molar-refractivity contribution in [2.24, 2.45) is 11.8 Å². The topological polar surface area (TPSA) is 253 Å². The second-order valence-electron chi connectivity index (χ2n) is 16.1. The van der Waals surface area contributed by atoms with Gasteiger partial charge in [-0.2, -0.15) is 0 Å². The first-order valence-electron chi connectivity index (χ1n) is 23.4. The van der Waals surface area contributed by atoms with Gasteiger partial charge in [-0.05, 0) is 77.0 Å². The minimum Gasteiger partial charge on any atom is -0.462 e. The minimum atomic E-state index is -4.91. The normalized spacial score (nSPS) is 19.7. The van der Waals surface area contributed by atoms with Crippen LogP contribution >= 0.6 is 15.6 Å². The van der Waals surface area contributed by atoms with E-state index >= 15 is 0 Å². The van der Waals surface area contributed by atoms with Crippen LogP contribution in [0.25, 0.3) is 0 Å². The summed E-state index contributed by atoms with van der Waals surface area (Å²) >= 11 is 0. The number of rotatable bonds is 39. The van der Waals surface area contributed by atoms with Crippen LogP contribution < -0.4 is 0 Å². The van der Waals surface area contributed by atoms with Crippen LogP contribution in [0.5, 0.6) is 0 Å². The number of allylic oxidation sites excluding steroid dienone is 13. The van der Waals surface area contributed by atoms with Crippen LogP contribution in [0.3, 0.4) is 0 Å². The Balaban J connectivity index is 2.57. The lowest BCUT2D eigenvalue weighted by molar-refractivity contribution is -0.161. The number of aliphatic hydroxyl groups is 3. The fraction of sp³-hybridized carbons (Fsp3) is 0.646. The molecule has 6 N–H and O–H groups in total. The molecule has 1 saturated carbocycles. The van der Waals surface area contributed by atoms with E-state index in [0.717, 1.165) is 70.6 Å². The molecule has 1 aliphatic rings. The van der Waals surface area contributed by atoms with Gasteiger partial charge in [0.2, 0.25) is 0 Å². The summed E-state index contributed by atoms with van der Waals surface area (Å²) in [5.41, 5.74) is 0. The Morgan fingerprint density at radius 1 is 0.682 bits per heavy atom. The molecule has 1 aliphatic carbocycles. The van der Waals surface area contributed by atoms with Gasteiger partial charge in [-0.25, -0.2) is 9.13 Å². The summed E-state index contributed by atoms with van der Waals surface area (Å²) in [4.78, 5) is 65.5. The van der Waals surface area contributed by atoms with Crippen LogP contribution in [0.1, 0.15) is 136 Å². The lowest BCUT2D eigenvalue weighted by Crippen LogP contribution is -2.30. The highest BCUT2D eigenvalue weighted by Crippen LogP contribution is 2.44. The van der Waals surface area contributed by atoms with Crippen molar-refractivity contribution in [2.75, 3.05) is 26.4 Å². The monoisotopic (exact) mass is 972 g/mol. The molecule has 0 saturated heterocycles. The van der Waals surface area contributed by atoms with Crippen LogP contribution in [-0.2, 0) is 46.6 Å². The van der Waals surface area contributed by atoms with Gasteiger partial charge < -0.3 is 39.5 Å². The molecule has 0 aromatic rings. The molecule has 0 bridgehead atoms. The van der Waals surface area contributed by atoms with Crippen LogP contribution in [0, 0.1) is 11.8 Å². The van der Waals surface area contributed by atoms with Gasteiger partial charge in [0.25, 0.3) is 0 Å². The smallest absolute Gasteiger partial charge is 0.462 e. The van der Waals surface area contributed by atoms with E-state index in [1.54, 1.807) is 12.2 Å². The van der Waals surface area contributed by atoms with E-state index in [4.69, 9.17) is 23.8 Å². The Morgan fingerprint density at radius 2 is 1.26 bits per heavy atom. The second-order valence-corrected chi connectivity index (χ2v) is 18.8. The fourth-order valence-corrected chi connectivity index (χ4v) is 7.69. The molecule has 7 atom stereocenters. The van der Waals surface area contributed by atoms with E-state index in [2.05, 4.69) is 83.7 Å². The van der Waals surface area contributed by atoms with Crippen molar-refractivity contribution in [1.29, 1.82) is 0 Å². The van der Waals surface area contributed by atoms with Crippen LogP contribution in [0.15, 0.2) is 85.1 Å². The van der Waals surface area contributed by atoms with Crippen LogP contribution in [0.4, 0.5) is 0 Å². The molecule has 0 radical (unpaired) electrons. The number of Topliss-reactive ketones (excluding diaryl/α,β-unsaturated/α-hetero) is 1. The van der Waals surface area contributed by atoms with E-state index in [1.807, 2.05) is 12.2 Å². The SMILES string of the molecule is CC/C=C\C/C=C\C/C=C\C/C=C\C/C=C\CCCCCC(=O)O[C@H](COC(=O)CCC/C=C\C[C@H]1[C@@H](O)CC(=O)[C@@H]1/C=C/[C@@H](O)CCCCC)COP(=O)(O)OC[C@@H](O)COP(=O)(O)O. The molecule has 66 heavy (non-hydrogen) atoms. The van der Waals surface area contributed by atoms with Crippen molar-refractivity contribution in [3.63, 3.8) is 0 Å². The van der Waals surface area contributed by atoms with E-state index in [0.29, 0.717) is 32.1 Å². The number of ketones is 1. The number of hydrogen-bond donors (Lipinski definition) is 6. The molecule has 18 heteroatoms.